The molecule has 0 saturated carbocycles. The van der Waals surface area contributed by atoms with E-state index in [1.165, 1.54) is 5.56 Å². The average Bonchev–Trinajstić information content (AvgIpc) is 3.11. The van der Waals surface area contributed by atoms with Gasteiger partial charge in [-0.25, -0.2) is 0 Å². The monoisotopic (exact) mass is 293 g/mol. The van der Waals surface area contributed by atoms with Crippen molar-refractivity contribution in [2.24, 2.45) is 0 Å². The van der Waals surface area contributed by atoms with E-state index < -0.39 is 0 Å². The summed E-state index contributed by atoms with van der Waals surface area (Å²) in [5.74, 6) is 0.0936. The molecule has 0 saturated heterocycles. The van der Waals surface area contributed by atoms with Crippen LogP contribution in [0.3, 0.4) is 0 Å². The summed E-state index contributed by atoms with van der Waals surface area (Å²) in [6, 6.07) is 14.1. The van der Waals surface area contributed by atoms with Crippen LogP contribution in [0.2, 0.25) is 0 Å². The van der Waals surface area contributed by atoms with E-state index in [9.17, 15) is 4.79 Å². The van der Waals surface area contributed by atoms with Crippen LogP contribution in [-0.2, 0) is 13.1 Å². The Bertz CT molecular complexity index is 770. The summed E-state index contributed by atoms with van der Waals surface area (Å²) < 4.78 is 3.84. The highest BCUT2D eigenvalue weighted by molar-refractivity contribution is 5.97. The third-order valence-corrected chi connectivity index (χ3v) is 3.92. The lowest BCUT2D eigenvalue weighted by Gasteiger charge is -2.10. The van der Waals surface area contributed by atoms with Gasteiger partial charge in [-0.05, 0) is 31.5 Å². The first-order valence-corrected chi connectivity index (χ1v) is 7.36. The Balaban J connectivity index is 1.85. The number of nitrogens with zero attached hydrogens (tertiary/aromatic N) is 3. The molecule has 0 N–H and O–H groups in total. The standard InChI is InChI=1S/C18H19N3O/c1-14-11-17(18(22)13-20-10-6-9-19-20)15(2)21(14)12-16-7-4-3-5-8-16/h3-11H,12-13H2,1-2H3. The van der Waals surface area contributed by atoms with Gasteiger partial charge in [-0.1, -0.05) is 30.3 Å². The Hall–Kier alpha value is -2.62. The number of carbonyl (C=O) groups is 1. The molecule has 0 spiro atoms. The second kappa shape index (κ2) is 6.02. The Kier molecular flexibility index (Phi) is 3.92. The van der Waals surface area contributed by atoms with Crippen LogP contribution in [0.4, 0.5) is 0 Å². The molecule has 2 heterocycles. The number of benzene rings is 1. The topological polar surface area (TPSA) is 39.8 Å². The maximum absolute atomic E-state index is 12.5. The number of ketones is 1. The van der Waals surface area contributed by atoms with Crippen LogP contribution in [0.15, 0.2) is 54.9 Å². The highest BCUT2D eigenvalue weighted by Gasteiger charge is 2.16. The molecule has 1 aromatic carbocycles. The number of rotatable bonds is 5. The van der Waals surface area contributed by atoms with Gasteiger partial charge < -0.3 is 4.57 Å². The zero-order chi connectivity index (χ0) is 15.5. The van der Waals surface area contributed by atoms with Crippen molar-refractivity contribution in [2.75, 3.05) is 0 Å². The third-order valence-electron chi connectivity index (χ3n) is 3.92. The van der Waals surface area contributed by atoms with Crippen LogP contribution in [0.1, 0.15) is 27.3 Å². The predicted octanol–water partition coefficient (Wildman–Crippen LogP) is 3.23. The number of aryl methyl sites for hydroxylation is 1. The lowest BCUT2D eigenvalue weighted by atomic mass is 10.1. The van der Waals surface area contributed by atoms with E-state index in [1.807, 2.05) is 44.2 Å². The quantitative estimate of drug-likeness (QED) is 0.678. The summed E-state index contributed by atoms with van der Waals surface area (Å²) in [6.45, 7) is 5.11. The number of aromatic nitrogens is 3. The van der Waals surface area contributed by atoms with Gasteiger partial charge in [0.2, 0.25) is 0 Å². The molecule has 0 unspecified atom stereocenters. The van der Waals surface area contributed by atoms with E-state index in [2.05, 4.69) is 21.8 Å². The molecule has 4 heteroatoms. The second-order valence-corrected chi connectivity index (χ2v) is 5.48. The molecule has 0 aliphatic rings. The summed E-state index contributed by atoms with van der Waals surface area (Å²) in [4.78, 5) is 12.5. The molecule has 0 aliphatic carbocycles. The van der Waals surface area contributed by atoms with Crippen molar-refractivity contribution in [3.8, 4) is 0 Å². The van der Waals surface area contributed by atoms with Crippen LogP contribution < -0.4 is 0 Å². The summed E-state index contributed by atoms with van der Waals surface area (Å²) in [5.41, 5.74) is 4.13. The van der Waals surface area contributed by atoms with E-state index >= 15 is 0 Å². The van der Waals surface area contributed by atoms with E-state index in [0.717, 1.165) is 23.5 Å². The largest absolute Gasteiger partial charge is 0.344 e. The molecule has 0 fully saturated rings. The third kappa shape index (κ3) is 2.86. The fraction of sp³-hybridized carbons (Fsp3) is 0.222. The number of hydrogen-bond acceptors (Lipinski definition) is 2. The smallest absolute Gasteiger partial charge is 0.186 e. The van der Waals surface area contributed by atoms with Gasteiger partial charge in [0.25, 0.3) is 0 Å². The van der Waals surface area contributed by atoms with Gasteiger partial charge in [0.15, 0.2) is 5.78 Å². The summed E-state index contributed by atoms with van der Waals surface area (Å²) in [6.07, 6.45) is 3.49. The molecule has 0 amide bonds. The van der Waals surface area contributed by atoms with Crippen molar-refractivity contribution in [1.82, 2.24) is 14.3 Å². The highest BCUT2D eigenvalue weighted by atomic mass is 16.1. The first-order chi connectivity index (χ1) is 10.6. The second-order valence-electron chi connectivity index (χ2n) is 5.48. The van der Waals surface area contributed by atoms with Crippen molar-refractivity contribution in [3.63, 3.8) is 0 Å². The van der Waals surface area contributed by atoms with Crippen molar-refractivity contribution >= 4 is 5.78 Å². The molecule has 4 nitrogen and oxygen atoms in total. The first kappa shape index (κ1) is 14.3. The fourth-order valence-electron chi connectivity index (χ4n) is 2.72. The van der Waals surface area contributed by atoms with Gasteiger partial charge >= 0.3 is 0 Å². The average molecular weight is 293 g/mol. The minimum absolute atomic E-state index is 0.0936. The minimum Gasteiger partial charge on any atom is -0.344 e. The van der Waals surface area contributed by atoms with Gasteiger partial charge in [0.05, 0.1) is 0 Å². The van der Waals surface area contributed by atoms with Crippen molar-refractivity contribution in [1.29, 1.82) is 0 Å². The Labute approximate surface area is 130 Å². The van der Waals surface area contributed by atoms with Gasteiger partial charge in [-0.3, -0.25) is 9.48 Å². The van der Waals surface area contributed by atoms with Crippen LogP contribution in [-0.4, -0.2) is 20.1 Å². The van der Waals surface area contributed by atoms with Crippen LogP contribution in [0, 0.1) is 13.8 Å². The molecule has 3 rings (SSSR count). The lowest BCUT2D eigenvalue weighted by Crippen LogP contribution is -2.12. The van der Waals surface area contributed by atoms with Gasteiger partial charge in [0, 0.05) is 35.9 Å². The molecule has 3 aromatic rings. The van der Waals surface area contributed by atoms with Crippen LogP contribution in [0.5, 0.6) is 0 Å². The SMILES string of the molecule is Cc1cc(C(=O)Cn2cccn2)c(C)n1Cc1ccccc1. The summed E-state index contributed by atoms with van der Waals surface area (Å²) in [5, 5.41) is 4.10. The van der Waals surface area contributed by atoms with E-state index in [4.69, 9.17) is 0 Å². The Morgan fingerprint density at radius 1 is 1.14 bits per heavy atom. The van der Waals surface area contributed by atoms with Crippen LogP contribution in [0.25, 0.3) is 0 Å². The first-order valence-electron chi connectivity index (χ1n) is 7.36. The molecular weight excluding hydrogens is 274 g/mol. The lowest BCUT2D eigenvalue weighted by molar-refractivity contribution is 0.0967. The maximum Gasteiger partial charge on any atom is 0.186 e. The molecule has 22 heavy (non-hydrogen) atoms. The zero-order valence-electron chi connectivity index (χ0n) is 12.9. The molecule has 2 aromatic heterocycles. The van der Waals surface area contributed by atoms with Gasteiger partial charge in [-0.2, -0.15) is 5.10 Å². The Morgan fingerprint density at radius 3 is 2.59 bits per heavy atom. The predicted molar refractivity (Wildman–Crippen MR) is 86.0 cm³/mol. The summed E-state index contributed by atoms with van der Waals surface area (Å²) >= 11 is 0. The van der Waals surface area contributed by atoms with Crippen molar-refractivity contribution in [3.05, 3.63) is 77.4 Å². The molecule has 0 radical (unpaired) electrons. The van der Waals surface area contributed by atoms with Crippen molar-refractivity contribution < 1.29 is 4.79 Å². The zero-order valence-corrected chi connectivity index (χ0v) is 12.9. The van der Waals surface area contributed by atoms with Gasteiger partial charge in [0.1, 0.15) is 6.54 Å². The molecule has 112 valence electrons. The maximum atomic E-state index is 12.5. The van der Waals surface area contributed by atoms with E-state index in [1.54, 1.807) is 17.1 Å². The normalized spacial score (nSPS) is 10.8. The molecule has 0 atom stereocenters. The fourth-order valence-corrected chi connectivity index (χ4v) is 2.72. The number of carbonyl (C=O) groups excluding carboxylic acids is 1. The molecule has 0 bridgehead atoms. The van der Waals surface area contributed by atoms with E-state index in [0.29, 0.717) is 0 Å². The Morgan fingerprint density at radius 2 is 1.91 bits per heavy atom. The molecule has 0 aliphatic heterocycles. The highest BCUT2D eigenvalue weighted by Crippen LogP contribution is 2.18. The van der Waals surface area contributed by atoms with E-state index in [-0.39, 0.29) is 12.3 Å². The van der Waals surface area contributed by atoms with Crippen LogP contribution >= 0.6 is 0 Å². The number of Topliss-reactive ketones (excluding diaryl/α,β-unsaturated/α-hetero) is 1. The van der Waals surface area contributed by atoms with Gasteiger partial charge in [-0.15, -0.1) is 0 Å². The van der Waals surface area contributed by atoms with Crippen molar-refractivity contribution in [2.45, 2.75) is 26.9 Å². The minimum atomic E-state index is 0.0936. The molecular formula is C18H19N3O. The summed E-state index contributed by atoms with van der Waals surface area (Å²) in [7, 11) is 0. The number of hydrogen-bond donors (Lipinski definition) is 0.